The standard InChI is InChI=1S/C27H37F3N4O6/c1-17(2)21(22(37)31-19(15-20(35)36)23(38)34-13-9-10-14-34)33(5)25(39)26(3,4)32-24(27(28,29)30)40-16-18-11-7-6-8-12-18/h6-8,11-12,17,19,21H,9-10,13-16H2,1-5H3,(H,31,37)(H,35,36)/t19-,21-/m0/s1. The van der Waals surface area contributed by atoms with E-state index in [4.69, 9.17) is 4.74 Å². The number of carbonyl (C=O) groups excluding carboxylic acids is 3. The number of benzene rings is 1. The summed E-state index contributed by atoms with van der Waals surface area (Å²) in [4.78, 5) is 57.0. The lowest BCUT2D eigenvalue weighted by atomic mass is 9.97. The molecule has 0 aliphatic carbocycles. The minimum atomic E-state index is -4.99. The molecule has 10 nitrogen and oxygen atoms in total. The maximum absolute atomic E-state index is 13.8. The van der Waals surface area contributed by atoms with Crippen LogP contribution in [0.15, 0.2) is 35.3 Å². The normalized spacial score (nSPS) is 15.9. The van der Waals surface area contributed by atoms with Gasteiger partial charge in [-0.25, -0.2) is 4.99 Å². The number of likely N-dealkylation sites (tertiary alicyclic amines) is 1. The second kappa shape index (κ2) is 13.6. The molecule has 1 heterocycles. The van der Waals surface area contributed by atoms with Gasteiger partial charge in [0.05, 0.1) is 6.42 Å². The van der Waals surface area contributed by atoms with Gasteiger partial charge in [0.2, 0.25) is 17.7 Å². The number of amides is 3. The SMILES string of the molecule is CC(C)[C@@H](C(=O)N[C@@H](CC(=O)O)C(=O)N1CCCC1)N(C)C(=O)C(C)(C)N=C(OCc1ccccc1)C(F)(F)F. The molecule has 1 saturated heterocycles. The van der Waals surface area contributed by atoms with Crippen LogP contribution in [-0.2, 0) is 30.5 Å². The number of carbonyl (C=O) groups is 4. The molecule has 0 saturated carbocycles. The van der Waals surface area contributed by atoms with E-state index in [1.54, 1.807) is 44.2 Å². The number of hydrogen-bond acceptors (Lipinski definition) is 6. The molecule has 40 heavy (non-hydrogen) atoms. The number of nitrogens with zero attached hydrogens (tertiary/aromatic N) is 3. The monoisotopic (exact) mass is 570 g/mol. The smallest absolute Gasteiger partial charge is 0.468 e. The van der Waals surface area contributed by atoms with E-state index in [0.717, 1.165) is 17.7 Å². The minimum Gasteiger partial charge on any atom is -0.481 e. The highest BCUT2D eigenvalue weighted by Crippen LogP contribution is 2.25. The number of rotatable bonds is 11. The first-order valence-corrected chi connectivity index (χ1v) is 13.0. The van der Waals surface area contributed by atoms with Crippen LogP contribution in [0.5, 0.6) is 0 Å². The first-order valence-electron chi connectivity index (χ1n) is 13.0. The minimum absolute atomic E-state index is 0.424. The van der Waals surface area contributed by atoms with Crippen LogP contribution in [0.1, 0.15) is 52.5 Å². The summed E-state index contributed by atoms with van der Waals surface area (Å²) in [5, 5.41) is 11.8. The summed E-state index contributed by atoms with van der Waals surface area (Å²) in [6.07, 6.45) is -4.13. The molecule has 13 heteroatoms. The summed E-state index contributed by atoms with van der Waals surface area (Å²) in [5.74, 6) is -5.69. The van der Waals surface area contributed by atoms with Gasteiger partial charge in [-0.1, -0.05) is 44.2 Å². The van der Waals surface area contributed by atoms with Crippen molar-refractivity contribution in [1.29, 1.82) is 0 Å². The quantitative estimate of drug-likeness (QED) is 0.311. The molecule has 2 atom stereocenters. The summed E-state index contributed by atoms with van der Waals surface area (Å²) in [7, 11) is 1.25. The number of aliphatic carboxylic acids is 1. The van der Waals surface area contributed by atoms with Crippen LogP contribution >= 0.6 is 0 Å². The van der Waals surface area contributed by atoms with Gasteiger partial charge in [-0.2, -0.15) is 13.2 Å². The van der Waals surface area contributed by atoms with Crippen molar-refractivity contribution in [3.8, 4) is 0 Å². The van der Waals surface area contributed by atoms with Crippen LogP contribution in [-0.4, -0.2) is 88.4 Å². The lowest BCUT2D eigenvalue weighted by Gasteiger charge is -2.35. The average Bonchev–Trinajstić information content (AvgIpc) is 3.39. The summed E-state index contributed by atoms with van der Waals surface area (Å²) < 4.78 is 46.2. The molecule has 1 aromatic carbocycles. The second-order valence-corrected chi connectivity index (χ2v) is 10.5. The Morgan fingerprint density at radius 3 is 2.17 bits per heavy atom. The van der Waals surface area contributed by atoms with Crippen molar-refractivity contribution in [3.63, 3.8) is 0 Å². The van der Waals surface area contributed by atoms with Gasteiger partial charge in [0.15, 0.2) is 0 Å². The third-order valence-corrected chi connectivity index (χ3v) is 6.41. The van der Waals surface area contributed by atoms with Crippen LogP contribution in [0.3, 0.4) is 0 Å². The summed E-state index contributed by atoms with van der Waals surface area (Å²) >= 11 is 0. The first kappa shape index (κ1) is 32.6. The molecule has 0 radical (unpaired) electrons. The van der Waals surface area contributed by atoms with Gasteiger partial charge in [-0.05, 0) is 38.2 Å². The lowest BCUT2D eigenvalue weighted by Crippen LogP contribution is -2.58. The lowest BCUT2D eigenvalue weighted by molar-refractivity contribution is -0.147. The van der Waals surface area contributed by atoms with Gasteiger partial charge in [-0.3, -0.25) is 19.2 Å². The fraction of sp³-hybridized carbons (Fsp3) is 0.593. The zero-order valence-corrected chi connectivity index (χ0v) is 23.3. The summed E-state index contributed by atoms with van der Waals surface area (Å²) in [6.45, 7) is 6.03. The molecule has 0 spiro atoms. The average molecular weight is 571 g/mol. The topological polar surface area (TPSA) is 129 Å². The predicted octanol–water partition coefficient (Wildman–Crippen LogP) is 3.01. The Morgan fingerprint density at radius 2 is 1.68 bits per heavy atom. The second-order valence-electron chi connectivity index (χ2n) is 10.5. The molecular formula is C27H37F3N4O6. The Bertz CT molecular complexity index is 1090. The van der Waals surface area contributed by atoms with Gasteiger partial charge < -0.3 is 25.0 Å². The Labute approximate surface area is 231 Å². The molecule has 0 bridgehead atoms. The maximum atomic E-state index is 13.8. The van der Waals surface area contributed by atoms with Crippen molar-refractivity contribution in [2.24, 2.45) is 10.9 Å². The van der Waals surface area contributed by atoms with E-state index < -0.39 is 72.3 Å². The third kappa shape index (κ3) is 8.95. The van der Waals surface area contributed by atoms with Gasteiger partial charge >= 0.3 is 12.1 Å². The zero-order valence-electron chi connectivity index (χ0n) is 23.3. The van der Waals surface area contributed by atoms with Crippen molar-refractivity contribution < 1.29 is 42.2 Å². The highest BCUT2D eigenvalue weighted by Gasteiger charge is 2.44. The van der Waals surface area contributed by atoms with Gasteiger partial charge in [0.25, 0.3) is 5.90 Å². The Kier molecular flexibility index (Phi) is 11.1. The van der Waals surface area contributed by atoms with Crippen molar-refractivity contribution in [2.45, 2.75) is 77.4 Å². The van der Waals surface area contributed by atoms with Gasteiger partial charge in [0, 0.05) is 20.1 Å². The number of nitrogens with one attached hydrogen (secondary N) is 1. The van der Waals surface area contributed by atoms with Gasteiger partial charge in [0.1, 0.15) is 24.2 Å². The molecule has 222 valence electrons. The number of halogens is 3. The Morgan fingerprint density at radius 1 is 1.10 bits per heavy atom. The first-order chi connectivity index (χ1) is 18.5. The third-order valence-electron chi connectivity index (χ3n) is 6.41. The predicted molar refractivity (Wildman–Crippen MR) is 140 cm³/mol. The number of hydrogen-bond donors (Lipinski definition) is 2. The summed E-state index contributed by atoms with van der Waals surface area (Å²) in [6, 6.07) is 5.55. The molecule has 2 N–H and O–H groups in total. The van der Waals surface area contributed by atoms with Crippen LogP contribution in [0, 0.1) is 5.92 Å². The van der Waals surface area contributed by atoms with E-state index in [9.17, 15) is 37.5 Å². The van der Waals surface area contributed by atoms with E-state index in [-0.39, 0.29) is 0 Å². The van der Waals surface area contributed by atoms with Crippen LogP contribution < -0.4 is 5.32 Å². The number of alkyl halides is 3. The van der Waals surface area contributed by atoms with E-state index in [1.807, 2.05) is 0 Å². The fourth-order valence-corrected chi connectivity index (χ4v) is 4.48. The largest absolute Gasteiger partial charge is 0.481 e. The fourth-order valence-electron chi connectivity index (χ4n) is 4.48. The summed E-state index contributed by atoms with van der Waals surface area (Å²) in [5.41, 5.74) is -1.52. The maximum Gasteiger partial charge on any atom is 0.468 e. The van der Waals surface area contributed by atoms with Crippen molar-refractivity contribution in [1.82, 2.24) is 15.1 Å². The number of carboxylic acid groups (broad SMARTS) is 1. The van der Waals surface area contributed by atoms with Crippen molar-refractivity contribution in [3.05, 3.63) is 35.9 Å². The van der Waals surface area contributed by atoms with Crippen LogP contribution in [0.4, 0.5) is 13.2 Å². The molecule has 0 aromatic heterocycles. The molecule has 1 aromatic rings. The van der Waals surface area contributed by atoms with Crippen LogP contribution in [0.25, 0.3) is 0 Å². The van der Waals surface area contributed by atoms with E-state index in [1.165, 1.54) is 25.8 Å². The zero-order chi connectivity index (χ0) is 30.3. The molecule has 3 amide bonds. The van der Waals surface area contributed by atoms with E-state index in [2.05, 4.69) is 10.3 Å². The van der Waals surface area contributed by atoms with Crippen molar-refractivity contribution in [2.75, 3.05) is 20.1 Å². The van der Waals surface area contributed by atoms with Gasteiger partial charge in [-0.15, -0.1) is 0 Å². The molecule has 2 rings (SSSR count). The highest BCUT2D eigenvalue weighted by molar-refractivity contribution is 5.96. The Balaban J connectivity index is 2.27. The number of aliphatic imine (C=N–C) groups is 1. The number of likely N-dealkylation sites (N-methyl/N-ethyl adjacent to an activating group) is 1. The number of ether oxygens (including phenoxy) is 1. The molecular weight excluding hydrogens is 533 g/mol. The highest BCUT2D eigenvalue weighted by atomic mass is 19.4. The molecule has 0 unspecified atom stereocenters. The van der Waals surface area contributed by atoms with E-state index >= 15 is 0 Å². The van der Waals surface area contributed by atoms with E-state index in [0.29, 0.717) is 18.7 Å². The molecule has 1 fully saturated rings. The Hall–Kier alpha value is -3.64. The van der Waals surface area contributed by atoms with Crippen LogP contribution in [0.2, 0.25) is 0 Å². The van der Waals surface area contributed by atoms with Crippen molar-refractivity contribution >= 4 is 29.6 Å². The molecule has 1 aliphatic rings. The molecule has 1 aliphatic heterocycles. The number of carboxylic acids is 1.